The van der Waals surface area contributed by atoms with Crippen molar-refractivity contribution < 1.29 is 18.8 Å². The zero-order valence-electron chi connectivity index (χ0n) is 16.6. The number of nitrogens with zero attached hydrogens (tertiary/aromatic N) is 1. The first-order valence-corrected chi connectivity index (χ1v) is 12.0. The Hall–Kier alpha value is -2.08. The van der Waals surface area contributed by atoms with Crippen LogP contribution in [0, 0.1) is 0 Å². The molecule has 1 aromatic carbocycles. The standard InChI is InChI=1S/C20H29NO4Si/c1-7-24-19(23)21-14-15(16-10-8-9-11-17(16)21)12-13-18(22)25-26(5,6)20(2,3)4/h8-11,14H,7,12-13H2,1-6H3. The van der Waals surface area contributed by atoms with Gasteiger partial charge in [0, 0.05) is 18.0 Å². The van der Waals surface area contributed by atoms with E-state index in [4.69, 9.17) is 9.16 Å². The van der Waals surface area contributed by atoms with Crippen molar-refractivity contribution >= 4 is 31.3 Å². The van der Waals surface area contributed by atoms with Crippen molar-refractivity contribution in [3.63, 3.8) is 0 Å². The lowest BCUT2D eigenvalue weighted by molar-refractivity contribution is -0.135. The van der Waals surface area contributed by atoms with E-state index in [1.54, 1.807) is 13.1 Å². The van der Waals surface area contributed by atoms with Gasteiger partial charge >= 0.3 is 6.09 Å². The largest absolute Gasteiger partial charge is 0.519 e. The Morgan fingerprint density at radius 1 is 1.15 bits per heavy atom. The summed E-state index contributed by atoms with van der Waals surface area (Å²) < 4.78 is 12.5. The van der Waals surface area contributed by atoms with Crippen LogP contribution in [0.15, 0.2) is 30.5 Å². The molecule has 0 N–H and O–H groups in total. The average molecular weight is 376 g/mol. The third kappa shape index (κ3) is 4.36. The number of para-hydroxylation sites is 1. The number of ether oxygens (including phenoxy) is 1. The lowest BCUT2D eigenvalue weighted by Gasteiger charge is -2.35. The molecule has 26 heavy (non-hydrogen) atoms. The number of aromatic nitrogens is 1. The van der Waals surface area contributed by atoms with Gasteiger partial charge in [0.25, 0.3) is 14.3 Å². The third-order valence-electron chi connectivity index (χ3n) is 5.03. The molecule has 2 rings (SSSR count). The Morgan fingerprint density at radius 2 is 1.81 bits per heavy atom. The number of hydrogen-bond acceptors (Lipinski definition) is 4. The maximum Gasteiger partial charge on any atom is 0.418 e. The number of benzene rings is 1. The van der Waals surface area contributed by atoms with Crippen LogP contribution in [0.1, 0.15) is 39.7 Å². The molecule has 0 saturated heterocycles. The van der Waals surface area contributed by atoms with Crippen molar-refractivity contribution in [3.8, 4) is 0 Å². The van der Waals surface area contributed by atoms with E-state index in [2.05, 4.69) is 33.9 Å². The number of hydrogen-bond donors (Lipinski definition) is 0. The average Bonchev–Trinajstić information content (AvgIpc) is 2.91. The molecule has 5 nitrogen and oxygen atoms in total. The van der Waals surface area contributed by atoms with Gasteiger partial charge in [-0.15, -0.1) is 0 Å². The zero-order chi connectivity index (χ0) is 19.5. The lowest BCUT2D eigenvalue weighted by Crippen LogP contribution is -2.42. The van der Waals surface area contributed by atoms with Crippen molar-refractivity contribution in [2.45, 2.75) is 58.7 Å². The molecule has 142 valence electrons. The van der Waals surface area contributed by atoms with E-state index in [1.165, 1.54) is 4.57 Å². The number of rotatable bonds is 5. The van der Waals surface area contributed by atoms with Crippen LogP contribution in [0.2, 0.25) is 18.1 Å². The normalized spacial score (nSPS) is 12.2. The SMILES string of the molecule is CCOC(=O)n1cc(CCC(=O)O[Si](C)(C)C(C)(C)C)c2ccccc21. The lowest BCUT2D eigenvalue weighted by atomic mass is 10.1. The quantitative estimate of drug-likeness (QED) is 0.680. The van der Waals surface area contributed by atoms with E-state index < -0.39 is 14.4 Å². The summed E-state index contributed by atoms with van der Waals surface area (Å²) >= 11 is 0. The van der Waals surface area contributed by atoms with Crippen LogP contribution in [-0.2, 0) is 20.4 Å². The second-order valence-electron chi connectivity index (χ2n) is 7.97. The molecule has 0 radical (unpaired) electrons. The van der Waals surface area contributed by atoms with Crippen molar-refractivity contribution in [1.29, 1.82) is 0 Å². The Balaban J connectivity index is 2.16. The summed E-state index contributed by atoms with van der Waals surface area (Å²) in [6.45, 7) is 12.6. The second-order valence-corrected chi connectivity index (χ2v) is 12.7. The molecule has 1 heterocycles. The monoisotopic (exact) mass is 375 g/mol. The van der Waals surface area contributed by atoms with Gasteiger partial charge < -0.3 is 9.16 Å². The van der Waals surface area contributed by atoms with Gasteiger partial charge in [-0.2, -0.15) is 0 Å². The highest BCUT2D eigenvalue weighted by atomic mass is 28.4. The minimum atomic E-state index is -2.11. The highest BCUT2D eigenvalue weighted by molar-refractivity contribution is 6.75. The highest BCUT2D eigenvalue weighted by Crippen LogP contribution is 2.36. The molecule has 0 amide bonds. The minimum Gasteiger partial charge on any atom is -0.519 e. The molecule has 0 saturated carbocycles. The van der Waals surface area contributed by atoms with E-state index in [1.807, 2.05) is 24.3 Å². The Kier molecular flexibility index (Phi) is 5.96. The molecular formula is C20H29NO4Si. The van der Waals surface area contributed by atoms with Gasteiger partial charge in [-0.1, -0.05) is 39.0 Å². The molecule has 0 fully saturated rings. The minimum absolute atomic E-state index is 0.0113. The Bertz CT molecular complexity index is 802. The summed E-state index contributed by atoms with van der Waals surface area (Å²) in [6, 6.07) is 7.64. The fourth-order valence-corrected chi connectivity index (χ4v) is 3.50. The predicted molar refractivity (Wildman–Crippen MR) is 106 cm³/mol. The van der Waals surface area contributed by atoms with Gasteiger partial charge in [-0.3, -0.25) is 9.36 Å². The second kappa shape index (κ2) is 7.66. The maximum atomic E-state index is 12.4. The first-order chi connectivity index (χ1) is 12.1. The summed E-state index contributed by atoms with van der Waals surface area (Å²) in [5.74, 6) is -0.176. The number of fused-ring (bicyclic) bond motifs is 1. The molecule has 0 aliphatic rings. The van der Waals surface area contributed by atoms with E-state index in [-0.39, 0.29) is 11.0 Å². The molecule has 6 heteroatoms. The molecular weight excluding hydrogens is 346 g/mol. The van der Waals surface area contributed by atoms with Crippen molar-refractivity contribution in [2.75, 3.05) is 6.61 Å². The van der Waals surface area contributed by atoms with Gasteiger partial charge in [-0.05, 0) is 43.1 Å². The zero-order valence-corrected chi connectivity index (χ0v) is 17.6. The van der Waals surface area contributed by atoms with Crippen LogP contribution in [0.4, 0.5) is 4.79 Å². The van der Waals surface area contributed by atoms with Crippen LogP contribution in [0.3, 0.4) is 0 Å². The van der Waals surface area contributed by atoms with Gasteiger partial charge in [-0.25, -0.2) is 4.79 Å². The number of aryl methyl sites for hydroxylation is 1. The van der Waals surface area contributed by atoms with Crippen LogP contribution in [-0.4, -0.2) is 31.6 Å². The molecule has 0 spiro atoms. The Morgan fingerprint density at radius 3 is 2.42 bits per heavy atom. The van der Waals surface area contributed by atoms with Crippen LogP contribution < -0.4 is 0 Å². The fraction of sp³-hybridized carbons (Fsp3) is 0.500. The first kappa shape index (κ1) is 20.2. The number of carbonyl (C=O) groups excluding carboxylic acids is 2. The molecule has 2 aromatic rings. The van der Waals surface area contributed by atoms with Gasteiger partial charge in [0.1, 0.15) is 0 Å². The molecule has 1 aromatic heterocycles. The maximum absolute atomic E-state index is 12.4. The molecule has 0 bridgehead atoms. The van der Waals surface area contributed by atoms with E-state index in [0.717, 1.165) is 16.5 Å². The third-order valence-corrected chi connectivity index (χ3v) is 9.38. The van der Waals surface area contributed by atoms with Crippen LogP contribution >= 0.6 is 0 Å². The van der Waals surface area contributed by atoms with E-state index >= 15 is 0 Å². The van der Waals surface area contributed by atoms with Gasteiger partial charge in [0.05, 0.1) is 12.1 Å². The van der Waals surface area contributed by atoms with Gasteiger partial charge in [0.2, 0.25) is 0 Å². The van der Waals surface area contributed by atoms with Crippen molar-refractivity contribution in [1.82, 2.24) is 4.57 Å². The van der Waals surface area contributed by atoms with Crippen molar-refractivity contribution in [2.24, 2.45) is 0 Å². The van der Waals surface area contributed by atoms with Gasteiger partial charge in [0.15, 0.2) is 0 Å². The van der Waals surface area contributed by atoms with Crippen molar-refractivity contribution in [3.05, 3.63) is 36.0 Å². The smallest absolute Gasteiger partial charge is 0.418 e. The highest BCUT2D eigenvalue weighted by Gasteiger charge is 2.40. The summed E-state index contributed by atoms with van der Waals surface area (Å²) in [4.78, 5) is 24.5. The topological polar surface area (TPSA) is 57.5 Å². The van der Waals surface area contributed by atoms with Crippen LogP contribution in [0.25, 0.3) is 10.9 Å². The molecule has 0 aliphatic carbocycles. The molecule has 0 aliphatic heterocycles. The summed E-state index contributed by atoms with van der Waals surface area (Å²) in [7, 11) is -2.11. The van der Waals surface area contributed by atoms with E-state index in [0.29, 0.717) is 19.4 Å². The van der Waals surface area contributed by atoms with Crippen LogP contribution in [0.5, 0.6) is 0 Å². The first-order valence-electron chi connectivity index (χ1n) is 9.04. The Labute approximate surface area is 156 Å². The molecule has 0 unspecified atom stereocenters. The fourth-order valence-electron chi connectivity index (χ4n) is 2.52. The van der Waals surface area contributed by atoms with E-state index in [9.17, 15) is 9.59 Å². The summed E-state index contributed by atoms with van der Waals surface area (Å²) in [5.41, 5.74) is 1.74. The number of carbonyl (C=O) groups is 2. The predicted octanol–water partition coefficient (Wildman–Crippen LogP) is 5.13. The summed E-state index contributed by atoms with van der Waals surface area (Å²) in [5, 5.41) is 0.948. The molecule has 0 atom stereocenters. The summed E-state index contributed by atoms with van der Waals surface area (Å²) in [6.07, 6.45) is 2.19.